The number of carbonyl (C=O) groups excluding carboxylic acids is 1. The molecular formula is C25H21F2O2S+. The lowest BCUT2D eigenvalue weighted by atomic mass is 9.97. The molecule has 0 aliphatic carbocycles. The lowest BCUT2D eigenvalue weighted by molar-refractivity contribution is -0.00453. The van der Waals surface area contributed by atoms with E-state index < -0.39 is 23.2 Å². The molecule has 0 spiro atoms. The fourth-order valence-electron chi connectivity index (χ4n) is 3.57. The van der Waals surface area contributed by atoms with Crippen molar-refractivity contribution in [1.82, 2.24) is 0 Å². The quantitative estimate of drug-likeness (QED) is 0.255. The summed E-state index contributed by atoms with van der Waals surface area (Å²) in [4.78, 5) is 13.9. The minimum atomic E-state index is -1.25. The summed E-state index contributed by atoms with van der Waals surface area (Å²) in [6.45, 7) is 5.27. The van der Waals surface area contributed by atoms with Gasteiger partial charge >= 0.3 is 5.97 Å². The summed E-state index contributed by atoms with van der Waals surface area (Å²) in [6.07, 6.45) is 0. The first-order chi connectivity index (χ1) is 14.3. The lowest BCUT2D eigenvalue weighted by Gasteiger charge is -2.26. The van der Waals surface area contributed by atoms with Crippen LogP contribution in [0.15, 0.2) is 72.1 Å². The van der Waals surface area contributed by atoms with Crippen LogP contribution in [0.2, 0.25) is 0 Å². The number of hydrogen-bond donors (Lipinski definition) is 0. The van der Waals surface area contributed by atoms with Gasteiger partial charge in [-0.05, 0) is 57.2 Å². The number of fused-ring (bicyclic) bond motifs is 1. The largest absolute Gasteiger partial charge is 0.451 e. The van der Waals surface area contributed by atoms with Crippen LogP contribution < -0.4 is 0 Å². The second kappa shape index (κ2) is 7.65. The molecule has 152 valence electrons. The molecule has 0 aliphatic heterocycles. The van der Waals surface area contributed by atoms with Gasteiger partial charge in [-0.2, -0.15) is 0 Å². The fraction of sp³-hybridized carbons (Fsp3) is 0.160. The van der Waals surface area contributed by atoms with Crippen molar-refractivity contribution in [3.63, 3.8) is 0 Å². The number of esters is 1. The Bertz CT molecular complexity index is 1260. The highest BCUT2D eigenvalue weighted by Crippen LogP contribution is 2.42. The predicted octanol–water partition coefficient (Wildman–Crippen LogP) is 7.26. The van der Waals surface area contributed by atoms with Gasteiger partial charge < -0.3 is 4.74 Å². The second-order valence-electron chi connectivity index (χ2n) is 7.69. The van der Waals surface area contributed by atoms with Crippen LogP contribution in [0, 0.1) is 18.6 Å². The summed E-state index contributed by atoms with van der Waals surface area (Å²) in [5, 5.41) is 3.44. The van der Waals surface area contributed by atoms with Crippen molar-refractivity contribution in [3.8, 4) is 4.90 Å². The first-order valence-corrected chi connectivity index (χ1v) is 10.8. The standard InChI is InChI=1S/C25H21F2O2S/c1-16-15-30(23-10-5-4-9-20(16)23)19-8-6-7-17(13-19)24(28)29-25(2,3)21-12-11-18(26)14-22(21)27/h4-15H,1-3H3/q+1. The summed E-state index contributed by atoms with van der Waals surface area (Å²) in [5.74, 6) is -1.97. The lowest BCUT2D eigenvalue weighted by Crippen LogP contribution is -2.27. The molecule has 0 saturated carbocycles. The minimum Gasteiger partial charge on any atom is -0.451 e. The van der Waals surface area contributed by atoms with Crippen LogP contribution >= 0.6 is 10.5 Å². The van der Waals surface area contributed by atoms with Gasteiger partial charge in [-0.3, -0.25) is 0 Å². The van der Waals surface area contributed by atoms with Crippen molar-refractivity contribution in [1.29, 1.82) is 0 Å². The number of thiophene rings is 1. The molecule has 0 bridgehead atoms. The molecule has 1 aromatic heterocycles. The number of ether oxygens (including phenoxy) is 1. The van der Waals surface area contributed by atoms with Gasteiger partial charge in [-0.25, -0.2) is 13.6 Å². The van der Waals surface area contributed by atoms with Crippen molar-refractivity contribution in [3.05, 3.63) is 100 Å². The molecule has 0 aliphatic rings. The van der Waals surface area contributed by atoms with E-state index in [1.165, 1.54) is 21.7 Å². The summed E-state index contributed by atoms with van der Waals surface area (Å²) >= 11 is 0. The molecule has 30 heavy (non-hydrogen) atoms. The first-order valence-electron chi connectivity index (χ1n) is 9.56. The second-order valence-corrected chi connectivity index (χ2v) is 9.51. The van der Waals surface area contributed by atoms with Gasteiger partial charge in [0.2, 0.25) is 0 Å². The highest BCUT2D eigenvalue weighted by molar-refractivity contribution is 7.43. The third kappa shape index (κ3) is 3.73. The predicted molar refractivity (Wildman–Crippen MR) is 117 cm³/mol. The Morgan fingerprint density at radius 1 is 0.967 bits per heavy atom. The average Bonchev–Trinajstić information content (AvgIpc) is 3.04. The zero-order valence-electron chi connectivity index (χ0n) is 16.9. The summed E-state index contributed by atoms with van der Waals surface area (Å²) in [7, 11) is -0.259. The number of halogens is 2. The van der Waals surface area contributed by atoms with Gasteiger partial charge in [0.25, 0.3) is 0 Å². The van der Waals surface area contributed by atoms with Gasteiger partial charge in [-0.15, -0.1) is 0 Å². The van der Waals surface area contributed by atoms with E-state index in [1.54, 1.807) is 19.9 Å². The zero-order valence-corrected chi connectivity index (χ0v) is 17.7. The Kier molecular flexibility index (Phi) is 5.16. The molecule has 0 amide bonds. The Balaban J connectivity index is 1.66. The van der Waals surface area contributed by atoms with E-state index in [0.717, 1.165) is 17.0 Å². The Labute approximate surface area is 176 Å². The third-order valence-electron chi connectivity index (χ3n) is 5.09. The van der Waals surface area contributed by atoms with E-state index >= 15 is 0 Å². The Morgan fingerprint density at radius 3 is 2.50 bits per heavy atom. The Morgan fingerprint density at radius 2 is 1.73 bits per heavy atom. The SMILES string of the molecule is Cc1c[s+](-c2cccc(C(=O)OC(C)(C)c3ccc(F)cc3F)c2)c2ccccc12. The van der Waals surface area contributed by atoms with E-state index in [4.69, 9.17) is 4.74 Å². The van der Waals surface area contributed by atoms with E-state index in [9.17, 15) is 13.6 Å². The van der Waals surface area contributed by atoms with Crippen LogP contribution in [0.4, 0.5) is 8.78 Å². The number of rotatable bonds is 4. The van der Waals surface area contributed by atoms with Crippen molar-refractivity contribution < 1.29 is 18.3 Å². The zero-order chi connectivity index (χ0) is 21.5. The molecule has 2 nitrogen and oxygen atoms in total. The highest BCUT2D eigenvalue weighted by atomic mass is 32.2. The Hall–Kier alpha value is -3.05. The van der Waals surface area contributed by atoms with Gasteiger partial charge in [0, 0.05) is 39.1 Å². The van der Waals surface area contributed by atoms with Crippen LogP contribution in [-0.4, -0.2) is 5.97 Å². The minimum absolute atomic E-state index is 0.124. The normalized spacial score (nSPS) is 12.2. The molecule has 1 unspecified atom stereocenters. The van der Waals surface area contributed by atoms with E-state index in [2.05, 4.69) is 24.4 Å². The molecule has 4 rings (SSSR count). The monoisotopic (exact) mass is 423 g/mol. The van der Waals surface area contributed by atoms with Crippen LogP contribution in [0.5, 0.6) is 0 Å². The van der Waals surface area contributed by atoms with E-state index in [1.807, 2.05) is 30.3 Å². The van der Waals surface area contributed by atoms with Crippen LogP contribution in [0.1, 0.15) is 35.3 Å². The molecule has 0 radical (unpaired) electrons. The summed E-state index contributed by atoms with van der Waals surface area (Å²) in [6, 6.07) is 18.8. The third-order valence-corrected chi connectivity index (χ3v) is 7.28. The van der Waals surface area contributed by atoms with E-state index in [0.29, 0.717) is 5.56 Å². The maximum Gasteiger partial charge on any atom is 0.339 e. The molecule has 1 atom stereocenters. The molecular weight excluding hydrogens is 402 g/mol. The number of benzene rings is 3. The average molecular weight is 424 g/mol. The highest BCUT2D eigenvalue weighted by Gasteiger charge is 2.30. The van der Waals surface area contributed by atoms with Crippen LogP contribution in [0.25, 0.3) is 15.0 Å². The summed E-state index contributed by atoms with van der Waals surface area (Å²) in [5.41, 5.74) is 0.489. The molecule has 5 heteroatoms. The number of carbonyl (C=O) groups is 1. The molecule has 1 heterocycles. The van der Waals surface area contributed by atoms with Crippen molar-refractivity contribution in [2.45, 2.75) is 26.4 Å². The fourth-order valence-corrected chi connectivity index (χ4v) is 5.73. The van der Waals surface area contributed by atoms with E-state index in [-0.39, 0.29) is 16.0 Å². The molecule has 0 saturated heterocycles. The van der Waals surface area contributed by atoms with Crippen molar-refractivity contribution in [2.24, 2.45) is 0 Å². The molecule has 0 fully saturated rings. The van der Waals surface area contributed by atoms with Gasteiger partial charge in [0.1, 0.15) is 22.6 Å². The van der Waals surface area contributed by atoms with Gasteiger partial charge in [0.15, 0.2) is 9.60 Å². The molecule has 3 aromatic carbocycles. The van der Waals surface area contributed by atoms with Gasteiger partial charge in [0.05, 0.1) is 5.56 Å². The molecule has 0 N–H and O–H groups in total. The van der Waals surface area contributed by atoms with Gasteiger partial charge in [-0.1, -0.05) is 18.2 Å². The number of aryl methyl sites for hydroxylation is 1. The molecule has 4 aromatic rings. The number of hydrogen-bond acceptors (Lipinski definition) is 2. The smallest absolute Gasteiger partial charge is 0.339 e. The van der Waals surface area contributed by atoms with Crippen LogP contribution in [-0.2, 0) is 10.3 Å². The van der Waals surface area contributed by atoms with Crippen LogP contribution in [0.3, 0.4) is 0 Å². The van der Waals surface area contributed by atoms with Crippen molar-refractivity contribution in [2.75, 3.05) is 0 Å². The maximum atomic E-state index is 14.2. The topological polar surface area (TPSA) is 26.3 Å². The summed E-state index contributed by atoms with van der Waals surface area (Å²) < 4.78 is 34.3. The van der Waals surface area contributed by atoms with Crippen molar-refractivity contribution >= 4 is 26.5 Å². The first kappa shape index (κ1) is 20.2. The maximum absolute atomic E-state index is 14.2.